The van der Waals surface area contributed by atoms with E-state index in [-0.39, 0.29) is 17.3 Å². The molecule has 0 unspecified atom stereocenters. The molecule has 7 heteroatoms. The van der Waals surface area contributed by atoms with Gasteiger partial charge in [-0.25, -0.2) is 8.78 Å². The van der Waals surface area contributed by atoms with Crippen LogP contribution in [-0.2, 0) is 9.59 Å². The van der Waals surface area contributed by atoms with Crippen molar-refractivity contribution in [1.29, 1.82) is 0 Å². The molecule has 1 aliphatic carbocycles. The van der Waals surface area contributed by atoms with Gasteiger partial charge in [-0.2, -0.15) is 0 Å². The zero-order valence-corrected chi connectivity index (χ0v) is 20.2. The van der Waals surface area contributed by atoms with Gasteiger partial charge in [-0.1, -0.05) is 60.1 Å². The molecule has 1 aliphatic heterocycles. The molecule has 1 heterocycles. The van der Waals surface area contributed by atoms with Crippen LogP contribution in [0.1, 0.15) is 42.7 Å². The molecule has 0 bridgehead atoms. The summed E-state index contributed by atoms with van der Waals surface area (Å²) in [6, 6.07) is 20.1. The monoisotopic (exact) mass is 504 g/mol. The first-order valence-electron chi connectivity index (χ1n) is 11.6. The second-order valence-electron chi connectivity index (χ2n) is 9.03. The molecule has 0 spiro atoms. The van der Waals surface area contributed by atoms with Crippen LogP contribution in [-0.4, -0.2) is 11.7 Å². The van der Waals surface area contributed by atoms with Crippen LogP contribution in [0.15, 0.2) is 95.3 Å². The Morgan fingerprint density at radius 2 is 1.58 bits per heavy atom. The van der Waals surface area contributed by atoms with E-state index < -0.39 is 29.1 Å². The van der Waals surface area contributed by atoms with Crippen molar-refractivity contribution in [3.05, 3.63) is 123 Å². The zero-order valence-electron chi connectivity index (χ0n) is 19.4. The third-order valence-electron chi connectivity index (χ3n) is 6.75. The minimum absolute atomic E-state index is 0.00602. The topological polar surface area (TPSA) is 58.2 Å². The molecule has 182 valence electrons. The quantitative estimate of drug-likeness (QED) is 0.420. The van der Waals surface area contributed by atoms with Crippen LogP contribution in [0.4, 0.5) is 14.5 Å². The van der Waals surface area contributed by atoms with Crippen molar-refractivity contribution in [2.45, 2.75) is 31.6 Å². The Morgan fingerprint density at radius 1 is 0.917 bits per heavy atom. The lowest BCUT2D eigenvalue weighted by molar-refractivity contribution is -0.116. The van der Waals surface area contributed by atoms with Crippen molar-refractivity contribution < 1.29 is 18.4 Å². The van der Waals surface area contributed by atoms with Gasteiger partial charge in [-0.15, -0.1) is 0 Å². The average Bonchev–Trinajstić information content (AvgIpc) is 2.86. The minimum atomic E-state index is -0.882. The Bertz CT molecular complexity index is 1390. The number of allylic oxidation sites excluding steroid dienone is 3. The Kier molecular flexibility index (Phi) is 6.46. The number of dihydropyridines is 1. The number of benzene rings is 3. The third-order valence-corrected chi connectivity index (χ3v) is 7.00. The highest BCUT2D eigenvalue weighted by molar-refractivity contribution is 6.30. The van der Waals surface area contributed by atoms with E-state index in [4.69, 9.17) is 11.6 Å². The number of carbonyl (C=O) groups excluding carboxylic acids is 2. The summed E-state index contributed by atoms with van der Waals surface area (Å²) in [4.78, 5) is 27.1. The first kappa shape index (κ1) is 23.9. The standard InChI is InChI=1S/C29H23ClF2N2O2/c1-16-25(29(36)34-28-21(31)8-5-9-22(28)32)26(18-10-12-20(30)13-11-18)27-23(33-16)14-19(15-24(27)35)17-6-3-2-4-7-17/h2-13,19,26,33H,14-15H2,1H3,(H,34,36)/t19-,26+/m0/s1. The lowest BCUT2D eigenvalue weighted by Crippen LogP contribution is -2.37. The summed E-state index contributed by atoms with van der Waals surface area (Å²) in [7, 11) is 0. The van der Waals surface area contributed by atoms with Crippen LogP contribution in [0.5, 0.6) is 0 Å². The van der Waals surface area contributed by atoms with E-state index >= 15 is 0 Å². The molecule has 3 aromatic carbocycles. The first-order chi connectivity index (χ1) is 17.3. The second kappa shape index (κ2) is 9.70. The van der Waals surface area contributed by atoms with Gasteiger partial charge in [0.15, 0.2) is 5.78 Å². The Labute approximate surface area is 212 Å². The third kappa shape index (κ3) is 4.44. The highest BCUT2D eigenvalue weighted by Crippen LogP contribution is 2.45. The summed E-state index contributed by atoms with van der Waals surface area (Å²) >= 11 is 6.11. The molecule has 5 rings (SSSR count). The molecular formula is C29H23ClF2N2O2. The summed E-state index contributed by atoms with van der Waals surface area (Å²) < 4.78 is 28.6. The van der Waals surface area contributed by atoms with Crippen LogP contribution < -0.4 is 10.6 Å². The molecule has 0 saturated heterocycles. The number of halogens is 3. The predicted molar refractivity (Wildman–Crippen MR) is 135 cm³/mol. The van der Waals surface area contributed by atoms with Crippen LogP contribution in [0.3, 0.4) is 0 Å². The summed E-state index contributed by atoms with van der Waals surface area (Å²) in [5.74, 6) is -3.23. The van der Waals surface area contributed by atoms with Gasteiger partial charge in [-0.3, -0.25) is 9.59 Å². The number of Topliss-reactive ketones (excluding diaryl/α,β-unsaturated/α-hetero) is 1. The largest absolute Gasteiger partial charge is 0.362 e. The van der Waals surface area contributed by atoms with Crippen LogP contribution >= 0.6 is 11.6 Å². The van der Waals surface area contributed by atoms with E-state index in [1.807, 2.05) is 30.3 Å². The van der Waals surface area contributed by atoms with E-state index in [2.05, 4.69) is 10.6 Å². The van der Waals surface area contributed by atoms with Gasteiger partial charge in [0.1, 0.15) is 17.3 Å². The normalized spacial score (nSPS) is 19.6. The van der Waals surface area contributed by atoms with Gasteiger partial charge in [0.25, 0.3) is 5.91 Å². The molecule has 1 amide bonds. The molecule has 4 nitrogen and oxygen atoms in total. The SMILES string of the molecule is CC1=C(C(=O)Nc2c(F)cccc2F)[C@@H](c2ccc(Cl)cc2)C2=C(C[C@H](c3ccccc3)CC2=O)N1. The van der Waals surface area contributed by atoms with Crippen molar-refractivity contribution in [2.75, 3.05) is 5.32 Å². The number of nitrogens with one attached hydrogen (secondary N) is 2. The van der Waals surface area contributed by atoms with Gasteiger partial charge >= 0.3 is 0 Å². The van der Waals surface area contributed by atoms with E-state index in [0.29, 0.717) is 34.7 Å². The Balaban J connectivity index is 1.58. The average molecular weight is 505 g/mol. The lowest BCUT2D eigenvalue weighted by Gasteiger charge is -2.37. The summed E-state index contributed by atoms with van der Waals surface area (Å²) in [5, 5.41) is 6.17. The fraction of sp³-hybridized carbons (Fsp3) is 0.172. The van der Waals surface area contributed by atoms with Crippen molar-refractivity contribution in [1.82, 2.24) is 5.32 Å². The molecule has 3 aromatic rings. The van der Waals surface area contributed by atoms with Crippen molar-refractivity contribution in [2.24, 2.45) is 0 Å². The van der Waals surface area contributed by atoms with Crippen molar-refractivity contribution in [3.63, 3.8) is 0 Å². The summed E-state index contributed by atoms with van der Waals surface area (Å²) in [5.41, 5.74) is 3.23. The summed E-state index contributed by atoms with van der Waals surface area (Å²) in [6.07, 6.45) is 0.897. The molecule has 0 aromatic heterocycles. The van der Waals surface area contributed by atoms with E-state index in [1.165, 1.54) is 6.07 Å². The minimum Gasteiger partial charge on any atom is -0.362 e. The predicted octanol–water partition coefficient (Wildman–Crippen LogP) is 6.62. The van der Waals surface area contributed by atoms with Gasteiger partial charge < -0.3 is 10.6 Å². The molecule has 2 atom stereocenters. The maximum atomic E-state index is 14.3. The van der Waals surface area contributed by atoms with Crippen LogP contribution in [0, 0.1) is 11.6 Å². The van der Waals surface area contributed by atoms with Crippen molar-refractivity contribution in [3.8, 4) is 0 Å². The second-order valence-corrected chi connectivity index (χ2v) is 9.47. The Hall–Kier alpha value is -3.77. The van der Waals surface area contributed by atoms with Gasteiger partial charge in [-0.05, 0) is 54.7 Å². The number of carbonyl (C=O) groups is 2. The highest BCUT2D eigenvalue weighted by atomic mass is 35.5. The Morgan fingerprint density at radius 3 is 2.25 bits per heavy atom. The number of para-hydroxylation sites is 1. The number of hydrogen-bond acceptors (Lipinski definition) is 3. The maximum Gasteiger partial charge on any atom is 0.254 e. The highest BCUT2D eigenvalue weighted by Gasteiger charge is 2.41. The van der Waals surface area contributed by atoms with E-state index in [0.717, 1.165) is 23.4 Å². The molecule has 36 heavy (non-hydrogen) atoms. The number of anilines is 1. The fourth-order valence-corrected chi connectivity index (χ4v) is 5.21. The molecule has 2 N–H and O–H groups in total. The number of amides is 1. The van der Waals surface area contributed by atoms with Crippen LogP contribution in [0.25, 0.3) is 0 Å². The number of ketones is 1. The summed E-state index contributed by atoms with van der Waals surface area (Å²) in [6.45, 7) is 1.73. The fourth-order valence-electron chi connectivity index (χ4n) is 5.09. The van der Waals surface area contributed by atoms with Crippen LogP contribution in [0.2, 0.25) is 5.02 Å². The number of rotatable bonds is 4. The molecule has 2 aliphatic rings. The maximum absolute atomic E-state index is 14.3. The van der Waals surface area contributed by atoms with Gasteiger partial charge in [0.2, 0.25) is 0 Å². The van der Waals surface area contributed by atoms with E-state index in [1.54, 1.807) is 31.2 Å². The smallest absolute Gasteiger partial charge is 0.254 e. The zero-order chi connectivity index (χ0) is 25.4. The molecule has 0 fully saturated rings. The molecule has 0 radical (unpaired) electrons. The lowest BCUT2D eigenvalue weighted by atomic mass is 9.71. The first-order valence-corrected chi connectivity index (χ1v) is 12.0. The van der Waals surface area contributed by atoms with E-state index in [9.17, 15) is 18.4 Å². The molecule has 0 saturated carbocycles. The van der Waals surface area contributed by atoms with Gasteiger partial charge in [0, 0.05) is 39.9 Å². The molecular weight excluding hydrogens is 482 g/mol. The van der Waals surface area contributed by atoms with Gasteiger partial charge in [0.05, 0.1) is 0 Å². The van der Waals surface area contributed by atoms with Crippen molar-refractivity contribution >= 4 is 29.0 Å². The number of hydrogen-bond donors (Lipinski definition) is 2.